The van der Waals surface area contributed by atoms with E-state index in [9.17, 15) is 18.7 Å². The molecule has 6 heteroatoms. The van der Waals surface area contributed by atoms with E-state index >= 15 is 0 Å². The van der Waals surface area contributed by atoms with E-state index < -0.39 is 35.0 Å². The Labute approximate surface area is 119 Å². The lowest BCUT2D eigenvalue weighted by molar-refractivity contribution is 0.0694. The number of aromatic carboxylic acids is 1. The highest BCUT2D eigenvalue weighted by Gasteiger charge is 2.17. The minimum Gasteiger partial charge on any atom is -0.484 e. The van der Waals surface area contributed by atoms with Crippen molar-refractivity contribution < 1.29 is 28.5 Å². The number of carboxylic acids is 1. The summed E-state index contributed by atoms with van der Waals surface area (Å²) >= 11 is 0. The van der Waals surface area contributed by atoms with Gasteiger partial charge in [-0.15, -0.1) is 0 Å². The van der Waals surface area contributed by atoms with Gasteiger partial charge in [0.25, 0.3) is 0 Å². The minimum atomic E-state index is -1.44. The molecule has 0 saturated carbocycles. The predicted octanol–water partition coefficient (Wildman–Crippen LogP) is 2.78. The smallest absolute Gasteiger partial charge is 0.335 e. The lowest BCUT2D eigenvalue weighted by Crippen LogP contribution is -2.12. The maximum Gasteiger partial charge on any atom is 0.335 e. The molecule has 0 aliphatic carbocycles. The van der Waals surface area contributed by atoms with Crippen LogP contribution in [0.15, 0.2) is 42.5 Å². The molecule has 0 bridgehead atoms. The van der Waals surface area contributed by atoms with Crippen LogP contribution >= 0.6 is 0 Å². The van der Waals surface area contributed by atoms with Crippen molar-refractivity contribution in [3.05, 3.63) is 65.2 Å². The number of carbonyl (C=O) groups is 1. The maximum atomic E-state index is 13.6. The van der Waals surface area contributed by atoms with Crippen molar-refractivity contribution in [2.45, 2.75) is 6.10 Å². The highest BCUT2D eigenvalue weighted by atomic mass is 19.1. The Bertz CT molecular complexity index is 620. The standard InChI is InChI=1S/C15H12F2O4/c16-11-6-10(15(19)20)7-12(17)14(11)21-8-13(18)9-4-2-1-3-5-9/h1-7,13,18H,8H2,(H,19,20). The van der Waals surface area contributed by atoms with Crippen LogP contribution in [0.1, 0.15) is 22.0 Å². The first kappa shape index (κ1) is 14.9. The number of rotatable bonds is 5. The van der Waals surface area contributed by atoms with Crippen LogP contribution in [-0.2, 0) is 0 Å². The summed E-state index contributed by atoms with van der Waals surface area (Å²) in [6.45, 7) is -0.357. The van der Waals surface area contributed by atoms with Crippen LogP contribution in [0, 0.1) is 11.6 Å². The zero-order valence-electron chi connectivity index (χ0n) is 10.8. The highest BCUT2D eigenvalue weighted by Crippen LogP contribution is 2.25. The van der Waals surface area contributed by atoms with Gasteiger partial charge in [-0.3, -0.25) is 0 Å². The van der Waals surface area contributed by atoms with Crippen molar-refractivity contribution in [2.75, 3.05) is 6.61 Å². The molecular weight excluding hydrogens is 282 g/mol. The van der Waals surface area contributed by atoms with E-state index in [2.05, 4.69) is 0 Å². The second kappa shape index (κ2) is 6.32. The van der Waals surface area contributed by atoms with Gasteiger partial charge < -0.3 is 14.9 Å². The number of benzene rings is 2. The van der Waals surface area contributed by atoms with Crippen molar-refractivity contribution in [3.63, 3.8) is 0 Å². The molecule has 0 amide bonds. The third kappa shape index (κ3) is 3.55. The van der Waals surface area contributed by atoms with E-state index in [-0.39, 0.29) is 6.61 Å². The lowest BCUT2D eigenvalue weighted by atomic mass is 10.1. The van der Waals surface area contributed by atoms with Crippen molar-refractivity contribution in [3.8, 4) is 5.75 Å². The van der Waals surface area contributed by atoms with Gasteiger partial charge >= 0.3 is 5.97 Å². The average Bonchev–Trinajstić information content (AvgIpc) is 2.46. The molecule has 0 heterocycles. The van der Waals surface area contributed by atoms with Gasteiger partial charge in [-0.05, 0) is 17.7 Å². The molecule has 0 aliphatic heterocycles. The minimum absolute atomic E-state index is 0.357. The molecule has 0 radical (unpaired) electrons. The molecule has 0 spiro atoms. The van der Waals surface area contributed by atoms with E-state index in [1.165, 1.54) is 0 Å². The topological polar surface area (TPSA) is 66.8 Å². The van der Waals surface area contributed by atoms with Crippen LogP contribution in [0.2, 0.25) is 0 Å². The number of ether oxygens (including phenoxy) is 1. The van der Waals surface area contributed by atoms with Crippen LogP contribution in [0.25, 0.3) is 0 Å². The zero-order chi connectivity index (χ0) is 15.4. The number of hydrogen-bond donors (Lipinski definition) is 2. The normalized spacial score (nSPS) is 12.0. The second-order valence-electron chi connectivity index (χ2n) is 4.31. The number of hydrogen-bond acceptors (Lipinski definition) is 3. The molecule has 21 heavy (non-hydrogen) atoms. The first-order valence-corrected chi connectivity index (χ1v) is 6.07. The molecule has 2 aromatic rings. The molecule has 0 fully saturated rings. The molecule has 110 valence electrons. The van der Waals surface area contributed by atoms with Gasteiger partial charge in [0.2, 0.25) is 0 Å². The Balaban J connectivity index is 2.12. The predicted molar refractivity (Wildman–Crippen MR) is 70.2 cm³/mol. The van der Waals surface area contributed by atoms with Crippen LogP contribution < -0.4 is 4.74 Å². The molecule has 4 nitrogen and oxygen atoms in total. The first-order valence-electron chi connectivity index (χ1n) is 6.07. The van der Waals surface area contributed by atoms with Gasteiger partial charge in [0.1, 0.15) is 12.7 Å². The van der Waals surface area contributed by atoms with Crippen LogP contribution in [0.4, 0.5) is 8.78 Å². The summed E-state index contributed by atoms with van der Waals surface area (Å²) in [5.41, 5.74) is 0.0291. The molecule has 0 aliphatic rings. The molecule has 1 unspecified atom stereocenters. The van der Waals surface area contributed by atoms with Crippen LogP contribution in [-0.4, -0.2) is 22.8 Å². The Morgan fingerprint density at radius 1 is 1.14 bits per heavy atom. The fraction of sp³-hybridized carbons (Fsp3) is 0.133. The van der Waals surface area contributed by atoms with E-state index in [1.807, 2.05) is 0 Å². The summed E-state index contributed by atoms with van der Waals surface area (Å²) in [5.74, 6) is -4.42. The van der Waals surface area contributed by atoms with Crippen LogP contribution in [0.3, 0.4) is 0 Å². The molecule has 2 N–H and O–H groups in total. The number of halogens is 2. The van der Waals surface area contributed by atoms with E-state index in [4.69, 9.17) is 9.84 Å². The van der Waals surface area contributed by atoms with Crippen molar-refractivity contribution in [2.24, 2.45) is 0 Å². The van der Waals surface area contributed by atoms with Gasteiger partial charge in [0.05, 0.1) is 5.56 Å². The Hall–Kier alpha value is -2.47. The van der Waals surface area contributed by atoms with Gasteiger partial charge in [0, 0.05) is 0 Å². The molecule has 1 atom stereocenters. The third-order valence-electron chi connectivity index (χ3n) is 2.82. The quantitative estimate of drug-likeness (QED) is 0.890. The molecule has 0 aromatic heterocycles. The van der Waals surface area contributed by atoms with Crippen molar-refractivity contribution in [1.29, 1.82) is 0 Å². The summed E-state index contributed by atoms with van der Waals surface area (Å²) < 4.78 is 32.2. The number of carboxylic acid groups (broad SMARTS) is 1. The monoisotopic (exact) mass is 294 g/mol. The lowest BCUT2D eigenvalue weighted by Gasteiger charge is -2.14. The molecular formula is C15H12F2O4. The number of aliphatic hydroxyl groups is 1. The largest absolute Gasteiger partial charge is 0.484 e. The maximum absolute atomic E-state index is 13.6. The third-order valence-corrected chi connectivity index (χ3v) is 2.82. The van der Waals surface area contributed by atoms with Gasteiger partial charge in [-0.2, -0.15) is 0 Å². The highest BCUT2D eigenvalue weighted by molar-refractivity contribution is 5.87. The van der Waals surface area contributed by atoms with Crippen molar-refractivity contribution in [1.82, 2.24) is 0 Å². The fourth-order valence-electron chi connectivity index (χ4n) is 1.75. The van der Waals surface area contributed by atoms with E-state index in [1.54, 1.807) is 30.3 Å². The number of aliphatic hydroxyl groups excluding tert-OH is 1. The van der Waals surface area contributed by atoms with Gasteiger partial charge in [-0.25, -0.2) is 13.6 Å². The molecule has 2 rings (SSSR count). The zero-order valence-corrected chi connectivity index (χ0v) is 10.8. The Kier molecular flexibility index (Phi) is 4.49. The summed E-state index contributed by atoms with van der Waals surface area (Å²) in [7, 11) is 0. The summed E-state index contributed by atoms with van der Waals surface area (Å²) in [6, 6.07) is 9.80. The Morgan fingerprint density at radius 3 is 2.24 bits per heavy atom. The van der Waals surface area contributed by atoms with Crippen LogP contribution in [0.5, 0.6) is 5.75 Å². The van der Waals surface area contributed by atoms with E-state index in [0.29, 0.717) is 17.7 Å². The van der Waals surface area contributed by atoms with E-state index in [0.717, 1.165) is 0 Å². The van der Waals surface area contributed by atoms with Gasteiger partial charge in [0.15, 0.2) is 17.4 Å². The molecule has 0 saturated heterocycles. The average molecular weight is 294 g/mol. The summed E-state index contributed by atoms with van der Waals surface area (Å²) in [6.07, 6.45) is -1.05. The fourth-order valence-corrected chi connectivity index (χ4v) is 1.75. The summed E-state index contributed by atoms with van der Waals surface area (Å²) in [4.78, 5) is 10.7. The SMILES string of the molecule is O=C(O)c1cc(F)c(OCC(O)c2ccccc2)c(F)c1. The van der Waals surface area contributed by atoms with Crippen molar-refractivity contribution >= 4 is 5.97 Å². The first-order chi connectivity index (χ1) is 9.99. The summed E-state index contributed by atoms with van der Waals surface area (Å²) in [5, 5.41) is 18.5. The Morgan fingerprint density at radius 2 is 1.71 bits per heavy atom. The second-order valence-corrected chi connectivity index (χ2v) is 4.31. The molecule has 2 aromatic carbocycles. The van der Waals surface area contributed by atoms with Gasteiger partial charge in [-0.1, -0.05) is 30.3 Å².